The van der Waals surface area contributed by atoms with Crippen LogP contribution in [0.5, 0.6) is 11.6 Å². The van der Waals surface area contributed by atoms with Crippen molar-refractivity contribution in [1.29, 1.82) is 0 Å². The van der Waals surface area contributed by atoms with E-state index in [0.29, 0.717) is 11.5 Å². The van der Waals surface area contributed by atoms with Crippen molar-refractivity contribution in [2.45, 2.75) is 13.3 Å². The molecular formula is C15H16N4O. The molecule has 0 radical (unpaired) electrons. The van der Waals surface area contributed by atoms with Crippen LogP contribution in [0.25, 0.3) is 5.65 Å². The first-order chi connectivity index (χ1) is 9.80. The van der Waals surface area contributed by atoms with Crippen molar-refractivity contribution in [3.8, 4) is 11.6 Å². The Hall–Kier alpha value is -2.56. The van der Waals surface area contributed by atoms with Gasteiger partial charge in [0.1, 0.15) is 11.6 Å². The lowest BCUT2D eigenvalue weighted by atomic mass is 10.2. The zero-order valence-corrected chi connectivity index (χ0v) is 11.5. The van der Waals surface area contributed by atoms with Crippen LogP contribution < -0.4 is 10.1 Å². The Morgan fingerprint density at radius 3 is 3.05 bits per heavy atom. The number of hydrogen-bond donors (Lipinski definition) is 1. The summed E-state index contributed by atoms with van der Waals surface area (Å²) in [5.74, 6) is 2.00. The maximum Gasteiger partial charge on any atom is 0.265 e. The molecule has 5 nitrogen and oxygen atoms in total. The first-order valence-corrected chi connectivity index (χ1v) is 6.58. The van der Waals surface area contributed by atoms with Crippen LogP contribution in [-0.2, 0) is 6.42 Å². The van der Waals surface area contributed by atoms with Gasteiger partial charge in [-0.25, -0.2) is 4.98 Å². The molecule has 0 saturated carbocycles. The molecular weight excluding hydrogens is 252 g/mol. The number of ether oxygens (including phenoxy) is 1. The molecule has 0 bridgehead atoms. The molecule has 0 saturated heterocycles. The van der Waals surface area contributed by atoms with E-state index < -0.39 is 0 Å². The van der Waals surface area contributed by atoms with E-state index in [4.69, 9.17) is 4.74 Å². The Morgan fingerprint density at radius 2 is 2.25 bits per heavy atom. The Balaban J connectivity index is 2.02. The van der Waals surface area contributed by atoms with Crippen molar-refractivity contribution < 1.29 is 4.74 Å². The predicted octanol–water partition coefficient (Wildman–Crippen LogP) is 3.13. The van der Waals surface area contributed by atoms with E-state index >= 15 is 0 Å². The summed E-state index contributed by atoms with van der Waals surface area (Å²) in [6.45, 7) is 2.12. The third-order valence-electron chi connectivity index (χ3n) is 3.12. The summed E-state index contributed by atoms with van der Waals surface area (Å²) in [7, 11) is 1.83. The Morgan fingerprint density at radius 1 is 1.35 bits per heavy atom. The molecule has 0 aliphatic carbocycles. The molecule has 1 N–H and O–H groups in total. The van der Waals surface area contributed by atoms with Gasteiger partial charge < -0.3 is 10.1 Å². The second kappa shape index (κ2) is 5.21. The molecule has 0 spiro atoms. The smallest absolute Gasteiger partial charge is 0.265 e. The highest BCUT2D eigenvalue weighted by atomic mass is 16.5. The van der Waals surface area contributed by atoms with Crippen molar-refractivity contribution in [1.82, 2.24) is 14.4 Å². The Kier molecular flexibility index (Phi) is 3.25. The normalized spacial score (nSPS) is 10.7. The van der Waals surface area contributed by atoms with E-state index in [1.54, 1.807) is 6.20 Å². The lowest BCUT2D eigenvalue weighted by Crippen LogP contribution is -1.99. The first kappa shape index (κ1) is 12.5. The van der Waals surface area contributed by atoms with Gasteiger partial charge in [-0.05, 0) is 24.1 Å². The lowest BCUT2D eigenvalue weighted by molar-refractivity contribution is 0.465. The van der Waals surface area contributed by atoms with Crippen molar-refractivity contribution in [2.24, 2.45) is 0 Å². The SMILES string of the molecule is CCc1cccc(Oc2nc(NC)cn3ccnc23)c1. The van der Waals surface area contributed by atoms with Crippen LogP contribution in [-0.4, -0.2) is 21.4 Å². The maximum absolute atomic E-state index is 5.90. The summed E-state index contributed by atoms with van der Waals surface area (Å²) in [5, 5.41) is 3.02. The number of nitrogens with zero attached hydrogens (tertiary/aromatic N) is 3. The van der Waals surface area contributed by atoms with E-state index in [0.717, 1.165) is 18.0 Å². The zero-order chi connectivity index (χ0) is 13.9. The van der Waals surface area contributed by atoms with E-state index in [1.807, 2.05) is 42.0 Å². The molecule has 0 aliphatic rings. The topological polar surface area (TPSA) is 51.5 Å². The number of aryl methyl sites for hydroxylation is 1. The molecule has 0 fully saturated rings. The summed E-state index contributed by atoms with van der Waals surface area (Å²) in [5.41, 5.74) is 1.93. The number of imidazole rings is 1. The number of benzene rings is 1. The molecule has 3 rings (SSSR count). The number of rotatable bonds is 4. The molecule has 2 aromatic heterocycles. The van der Waals surface area contributed by atoms with Gasteiger partial charge in [-0.3, -0.25) is 4.40 Å². The Bertz CT molecular complexity index is 736. The fourth-order valence-electron chi connectivity index (χ4n) is 2.03. The molecule has 1 aromatic carbocycles. The van der Waals surface area contributed by atoms with Gasteiger partial charge in [0, 0.05) is 19.4 Å². The minimum absolute atomic E-state index is 0.495. The average molecular weight is 268 g/mol. The number of anilines is 1. The minimum atomic E-state index is 0.495. The van der Waals surface area contributed by atoms with Crippen LogP contribution in [0.3, 0.4) is 0 Å². The van der Waals surface area contributed by atoms with Crippen molar-refractivity contribution in [2.75, 3.05) is 12.4 Å². The fraction of sp³-hybridized carbons (Fsp3) is 0.200. The van der Waals surface area contributed by atoms with Gasteiger partial charge in [-0.15, -0.1) is 0 Å². The van der Waals surface area contributed by atoms with E-state index in [2.05, 4.69) is 28.3 Å². The summed E-state index contributed by atoms with van der Waals surface area (Å²) < 4.78 is 7.79. The highest BCUT2D eigenvalue weighted by Crippen LogP contribution is 2.25. The molecule has 0 unspecified atom stereocenters. The minimum Gasteiger partial charge on any atom is -0.436 e. The molecule has 20 heavy (non-hydrogen) atoms. The highest BCUT2D eigenvalue weighted by Gasteiger charge is 2.09. The summed E-state index contributed by atoms with van der Waals surface area (Å²) in [6, 6.07) is 8.01. The van der Waals surface area contributed by atoms with Crippen molar-refractivity contribution in [3.05, 3.63) is 48.4 Å². The highest BCUT2D eigenvalue weighted by molar-refractivity contribution is 5.55. The second-order valence-electron chi connectivity index (χ2n) is 4.44. The molecule has 0 aliphatic heterocycles. The maximum atomic E-state index is 5.90. The number of fused-ring (bicyclic) bond motifs is 1. The second-order valence-corrected chi connectivity index (χ2v) is 4.44. The third-order valence-corrected chi connectivity index (χ3v) is 3.12. The number of hydrogen-bond acceptors (Lipinski definition) is 4. The van der Waals surface area contributed by atoms with Crippen molar-refractivity contribution in [3.63, 3.8) is 0 Å². The summed E-state index contributed by atoms with van der Waals surface area (Å²) >= 11 is 0. The van der Waals surface area contributed by atoms with Gasteiger partial charge in [0.25, 0.3) is 5.88 Å². The molecule has 2 heterocycles. The van der Waals surface area contributed by atoms with Gasteiger partial charge in [0.15, 0.2) is 0 Å². The zero-order valence-electron chi connectivity index (χ0n) is 11.5. The molecule has 5 heteroatoms. The van der Waals surface area contributed by atoms with Crippen molar-refractivity contribution >= 4 is 11.5 Å². The third kappa shape index (κ3) is 2.30. The van der Waals surface area contributed by atoms with Gasteiger partial charge in [0.2, 0.25) is 5.65 Å². The van der Waals surface area contributed by atoms with Gasteiger partial charge >= 0.3 is 0 Å². The van der Waals surface area contributed by atoms with Crippen LogP contribution in [0.2, 0.25) is 0 Å². The van der Waals surface area contributed by atoms with Crippen LogP contribution in [0.4, 0.5) is 5.82 Å². The van der Waals surface area contributed by atoms with Crippen LogP contribution in [0.15, 0.2) is 42.9 Å². The van der Waals surface area contributed by atoms with Crippen LogP contribution in [0, 0.1) is 0 Å². The molecule has 0 amide bonds. The van der Waals surface area contributed by atoms with Gasteiger partial charge in [0.05, 0.1) is 6.20 Å². The van der Waals surface area contributed by atoms with E-state index in [9.17, 15) is 0 Å². The molecule has 102 valence electrons. The summed E-state index contributed by atoms with van der Waals surface area (Å²) in [4.78, 5) is 8.71. The lowest BCUT2D eigenvalue weighted by Gasteiger charge is -2.09. The summed E-state index contributed by atoms with van der Waals surface area (Å²) in [6.07, 6.45) is 6.44. The first-order valence-electron chi connectivity index (χ1n) is 6.58. The van der Waals surface area contributed by atoms with Crippen LogP contribution in [0.1, 0.15) is 12.5 Å². The van der Waals surface area contributed by atoms with E-state index in [1.165, 1.54) is 5.56 Å². The van der Waals surface area contributed by atoms with Gasteiger partial charge in [-0.1, -0.05) is 19.1 Å². The van der Waals surface area contributed by atoms with E-state index in [-0.39, 0.29) is 0 Å². The number of nitrogens with one attached hydrogen (secondary N) is 1. The Labute approximate surface area is 117 Å². The number of aromatic nitrogens is 3. The molecule has 0 atom stereocenters. The van der Waals surface area contributed by atoms with Gasteiger partial charge in [-0.2, -0.15) is 4.98 Å². The standard InChI is InChI=1S/C15H16N4O/c1-3-11-5-4-6-12(9-11)20-15-14-17-7-8-19(14)10-13(16-2)18-15/h4-10,16H,3H2,1-2H3. The van der Waals surface area contributed by atoms with Crippen LogP contribution >= 0.6 is 0 Å². The predicted molar refractivity (Wildman–Crippen MR) is 78.4 cm³/mol. The quantitative estimate of drug-likeness (QED) is 0.790. The monoisotopic (exact) mass is 268 g/mol. The average Bonchev–Trinajstić information content (AvgIpc) is 2.96. The fourth-order valence-corrected chi connectivity index (χ4v) is 2.03. The molecule has 3 aromatic rings. The largest absolute Gasteiger partial charge is 0.436 e.